The molecule has 0 bridgehead atoms. The Balaban J connectivity index is -0.000000180. The second-order valence-corrected chi connectivity index (χ2v) is 49.9. The summed E-state index contributed by atoms with van der Waals surface area (Å²) in [7, 11) is 25.0. The van der Waals surface area contributed by atoms with Crippen molar-refractivity contribution >= 4 is 56.5 Å². The van der Waals surface area contributed by atoms with E-state index in [0.717, 1.165) is 0 Å². The molecule has 0 aromatic carbocycles. The summed E-state index contributed by atoms with van der Waals surface area (Å²) in [5, 5.41) is 0. The summed E-state index contributed by atoms with van der Waals surface area (Å²) in [6.45, 7) is 0. The summed E-state index contributed by atoms with van der Waals surface area (Å²) >= 11 is 0. The summed E-state index contributed by atoms with van der Waals surface area (Å²) in [6.07, 6.45) is 0. The van der Waals surface area contributed by atoms with Crippen molar-refractivity contribution in [2.75, 3.05) is 0 Å². The van der Waals surface area contributed by atoms with Gasteiger partial charge in [-0.15, -0.1) is 0 Å². The van der Waals surface area contributed by atoms with Gasteiger partial charge >= 0.3 is 102 Å². The van der Waals surface area contributed by atoms with Gasteiger partial charge in [0.15, 0.2) is 0 Å². The largest absolute Gasteiger partial charge is 1.00 e. The van der Waals surface area contributed by atoms with Crippen LogP contribution in [0.4, 0.5) is 0 Å². The third-order valence-corrected chi connectivity index (χ3v) is 0. The average molecular weight is 422 g/mol. The molecule has 0 saturated heterocycles. The van der Waals surface area contributed by atoms with E-state index >= 15 is 0 Å². The fourth-order valence-electron chi connectivity index (χ4n) is 0. The van der Waals surface area contributed by atoms with Crippen LogP contribution in [0, 0.1) is 0 Å². The number of halogens is 6. The molecule has 0 aliphatic heterocycles. The van der Waals surface area contributed by atoms with E-state index in [1.54, 1.807) is 0 Å². The zero-order valence-electron chi connectivity index (χ0n) is 4.58. The standard InChI is InChI=1S/6ClH.2Li.Pt/h6*1H;;;/q;;;;;;2*+1;+4/p-6. The molecule has 0 heterocycles. The van der Waals surface area contributed by atoms with Crippen LogP contribution in [0.25, 0.3) is 0 Å². The Hall–Kier alpha value is 3.62. The van der Waals surface area contributed by atoms with E-state index in [9.17, 15) is 0 Å². The molecule has 0 unspecified atom stereocenters. The summed E-state index contributed by atoms with van der Waals surface area (Å²) in [5.74, 6) is 0. The molecule has 0 nitrogen and oxygen atoms in total. The van der Waals surface area contributed by atoms with Crippen LogP contribution in [-0.4, -0.2) is 0 Å². The van der Waals surface area contributed by atoms with Gasteiger partial charge in [-0.2, -0.15) is 0 Å². The molecule has 9 heavy (non-hydrogen) atoms. The first-order chi connectivity index (χ1) is 2.45. The first-order valence-corrected chi connectivity index (χ1v) is 17.6. The first-order valence-electron chi connectivity index (χ1n) is 0.717. The maximum Gasteiger partial charge on any atom is 1.00 e. The van der Waals surface area contributed by atoms with Gasteiger partial charge in [0.05, 0.1) is 0 Å². The van der Waals surface area contributed by atoms with Crippen molar-refractivity contribution in [2.24, 2.45) is 0 Å². The molecule has 0 radical (unpaired) electrons. The van der Waals surface area contributed by atoms with Crippen molar-refractivity contribution in [2.45, 2.75) is 0 Å². The molecule has 9 heteroatoms. The number of hydrogen-bond donors (Lipinski definition) is 0. The van der Waals surface area contributed by atoms with Crippen LogP contribution in [0.1, 0.15) is 0 Å². The Kier molecular flexibility index (Phi) is 7.74. The normalized spacial score (nSPS) is 18.0. The van der Waals surface area contributed by atoms with Crippen LogP contribution < -0.4 is 37.7 Å². The van der Waals surface area contributed by atoms with E-state index in [1.165, 1.54) is 0 Å². The maximum atomic E-state index is 5.05. The van der Waals surface area contributed by atoms with Crippen LogP contribution >= 0.6 is 56.5 Å². The summed E-state index contributed by atoms with van der Waals surface area (Å²) < 4.78 is 0. The van der Waals surface area contributed by atoms with Crippen molar-refractivity contribution in [1.82, 2.24) is 0 Å². The van der Waals surface area contributed by atoms with Crippen LogP contribution in [-0.2, 0) is 7.31 Å². The van der Waals surface area contributed by atoms with Crippen LogP contribution in [0.3, 0.4) is 0 Å². The molecule has 0 amide bonds. The minimum absolute atomic E-state index is 0. The van der Waals surface area contributed by atoms with Crippen molar-refractivity contribution in [1.29, 1.82) is 0 Å². The van der Waals surface area contributed by atoms with Crippen molar-refractivity contribution < 1.29 is 45.0 Å². The zero-order chi connectivity index (χ0) is 6.41. The van der Waals surface area contributed by atoms with E-state index in [2.05, 4.69) is 0 Å². The van der Waals surface area contributed by atoms with Gasteiger partial charge in [-0.25, -0.2) is 0 Å². The fraction of sp³-hybridized carbons (Fsp3) is 0. The molecule has 0 fully saturated rings. The Morgan fingerprint density at radius 1 is 0.556 bits per heavy atom. The summed E-state index contributed by atoms with van der Waals surface area (Å²) in [5.41, 5.74) is 0. The van der Waals surface area contributed by atoms with E-state index in [4.69, 9.17) is 56.5 Å². The molecular formula is Cl6Li2Pt. The number of rotatable bonds is 0. The van der Waals surface area contributed by atoms with Crippen molar-refractivity contribution in [3.63, 3.8) is 0 Å². The minimum Gasteiger partial charge on any atom is 1.00 e. The Bertz CT molecular complexity index is 69.6. The van der Waals surface area contributed by atoms with E-state index in [1.807, 2.05) is 0 Å². The quantitative estimate of drug-likeness (QED) is 0.403. The summed E-state index contributed by atoms with van der Waals surface area (Å²) in [6, 6.07) is 0. The molecule has 0 rings (SSSR count). The molecular weight excluding hydrogens is 422 g/mol. The predicted molar refractivity (Wildman–Crippen MR) is 35.1 cm³/mol. The fourth-order valence-corrected chi connectivity index (χ4v) is 0. The van der Waals surface area contributed by atoms with Gasteiger partial charge in [0.2, 0.25) is 0 Å². The Morgan fingerprint density at radius 3 is 0.556 bits per heavy atom. The first kappa shape index (κ1) is 18.4. The molecule has 54 valence electrons. The van der Waals surface area contributed by atoms with E-state index in [0.29, 0.717) is 0 Å². The van der Waals surface area contributed by atoms with Gasteiger partial charge < -0.3 is 0 Å². The Morgan fingerprint density at radius 2 is 0.556 bits per heavy atom. The predicted octanol–water partition coefficient (Wildman–Crippen LogP) is -1.86. The van der Waals surface area contributed by atoms with Crippen LogP contribution in [0.15, 0.2) is 0 Å². The zero-order valence-corrected chi connectivity index (χ0v) is 11.4. The van der Waals surface area contributed by atoms with Gasteiger partial charge in [0.25, 0.3) is 0 Å². The van der Waals surface area contributed by atoms with E-state index < -0.39 is 7.31 Å². The monoisotopic (exact) mass is 419 g/mol. The second kappa shape index (κ2) is 3.78. The van der Waals surface area contributed by atoms with Crippen LogP contribution in [0.2, 0.25) is 0 Å². The molecule has 0 atom stereocenters. The maximum absolute atomic E-state index is 5.29. The SMILES string of the molecule is [Cl][Pt-2]([Cl])([Cl])([Cl])([Cl])[Cl].[Li+].[Li+]. The van der Waals surface area contributed by atoms with Crippen LogP contribution in [0.5, 0.6) is 0 Å². The Labute approximate surface area is 99.6 Å². The minimum atomic E-state index is -5.29. The topological polar surface area (TPSA) is 0 Å². The van der Waals surface area contributed by atoms with E-state index in [-0.39, 0.29) is 37.7 Å². The van der Waals surface area contributed by atoms with Crippen molar-refractivity contribution in [3.05, 3.63) is 0 Å². The molecule has 0 saturated carbocycles. The molecule has 0 aromatic rings. The molecule has 0 aromatic heterocycles. The van der Waals surface area contributed by atoms with Gasteiger partial charge in [0.1, 0.15) is 0 Å². The third-order valence-electron chi connectivity index (χ3n) is 0. The van der Waals surface area contributed by atoms with Gasteiger partial charge in [-0.1, -0.05) is 0 Å². The van der Waals surface area contributed by atoms with Gasteiger partial charge in [-0.3, -0.25) is 0 Å². The third kappa shape index (κ3) is 82.0. The van der Waals surface area contributed by atoms with Crippen molar-refractivity contribution in [3.8, 4) is 0 Å². The second-order valence-electron chi connectivity index (χ2n) is 0.678. The van der Waals surface area contributed by atoms with Gasteiger partial charge in [-0.05, 0) is 0 Å². The molecule has 0 N–H and O–H groups in total. The van der Waals surface area contributed by atoms with Gasteiger partial charge in [0, 0.05) is 0 Å². The molecule has 0 spiro atoms. The smallest absolute Gasteiger partial charge is 1.00 e. The summed E-state index contributed by atoms with van der Waals surface area (Å²) in [4.78, 5) is 0. The molecule has 0 aliphatic rings. The number of hydrogen-bond acceptors (Lipinski definition) is 0. The average Bonchev–Trinajstić information content (AvgIpc) is 0.592. The molecule has 0 aliphatic carbocycles.